The van der Waals surface area contributed by atoms with Crippen molar-refractivity contribution < 1.29 is 29.9 Å². The molecule has 0 radical (unpaired) electrons. The predicted octanol–water partition coefficient (Wildman–Crippen LogP) is 12.5. The Labute approximate surface area is 338 Å². The number of para-hydroxylation sites is 1. The number of aryl methyl sites for hydroxylation is 3. The van der Waals surface area contributed by atoms with Gasteiger partial charge in [0.25, 0.3) is 0 Å². The van der Waals surface area contributed by atoms with Crippen molar-refractivity contribution in [2.45, 2.75) is 96.8 Å². The zero-order valence-corrected chi connectivity index (χ0v) is 33.8. The van der Waals surface area contributed by atoms with Gasteiger partial charge in [0, 0.05) is 46.7 Å². The largest absolute Gasteiger partial charge is 2.00 e. The van der Waals surface area contributed by atoms with Crippen LogP contribution in [0.3, 0.4) is 0 Å². The van der Waals surface area contributed by atoms with E-state index in [0.29, 0.717) is 23.3 Å². The van der Waals surface area contributed by atoms with Crippen LogP contribution in [0.5, 0.6) is 17.2 Å². The Kier molecular flexibility index (Phi) is 10.7. The van der Waals surface area contributed by atoms with E-state index in [1.165, 1.54) is 97.8 Å². The molecule has 4 aromatic carbocycles. The minimum Gasteiger partial charge on any atom is -0.509 e. The van der Waals surface area contributed by atoms with Crippen molar-refractivity contribution in [3.8, 4) is 39.9 Å². The molecule has 7 heteroatoms. The van der Waals surface area contributed by atoms with Crippen LogP contribution in [0.15, 0.2) is 85.1 Å². The van der Waals surface area contributed by atoms with Crippen LogP contribution in [0.25, 0.3) is 44.4 Å². The summed E-state index contributed by atoms with van der Waals surface area (Å²) in [5, 5.41) is 7.87. The Bertz CT molecular complexity index is 2460. The van der Waals surface area contributed by atoms with Crippen molar-refractivity contribution in [3.63, 3.8) is 0 Å². The molecule has 0 aliphatic heterocycles. The van der Waals surface area contributed by atoms with Crippen LogP contribution in [-0.2, 0) is 20.4 Å². The Hall–Kier alpha value is -4.70. The molecule has 0 amide bonds. The number of methoxy groups -OCH3 is 1. The van der Waals surface area contributed by atoms with Crippen LogP contribution in [-0.4, -0.2) is 26.4 Å². The third-order valence-corrected chi connectivity index (χ3v) is 11.8. The summed E-state index contributed by atoms with van der Waals surface area (Å²) in [6.45, 7) is 6.69. The third-order valence-electron chi connectivity index (χ3n) is 11.8. The molecule has 2 saturated carbocycles. The van der Waals surface area contributed by atoms with E-state index in [1.54, 1.807) is 13.3 Å². The first-order valence-corrected chi connectivity index (χ1v) is 19.8. The molecule has 3 aromatic heterocycles. The normalized spacial score (nSPS) is 15.3. The van der Waals surface area contributed by atoms with Gasteiger partial charge in [-0.25, -0.2) is 4.98 Å². The van der Waals surface area contributed by atoms with Crippen molar-refractivity contribution in [1.29, 1.82) is 0 Å². The van der Waals surface area contributed by atoms with E-state index in [1.807, 2.05) is 18.2 Å². The van der Waals surface area contributed by atoms with Gasteiger partial charge in [0.15, 0.2) is 0 Å². The molecule has 0 bridgehead atoms. The molecular formula is C48H48N4O2Pd. The van der Waals surface area contributed by atoms with Crippen molar-refractivity contribution in [2.75, 3.05) is 7.11 Å². The molecule has 0 unspecified atom stereocenters. The zero-order valence-electron chi connectivity index (χ0n) is 32.2. The smallest absolute Gasteiger partial charge is 0.509 e. The van der Waals surface area contributed by atoms with Crippen LogP contribution in [0, 0.1) is 32.9 Å². The molecule has 9 rings (SSSR count). The van der Waals surface area contributed by atoms with Crippen molar-refractivity contribution in [2.24, 2.45) is 0 Å². The summed E-state index contributed by atoms with van der Waals surface area (Å²) < 4.78 is 16.7. The number of nitrogens with zero attached hydrogens (tertiary/aromatic N) is 4. The molecule has 282 valence electrons. The van der Waals surface area contributed by atoms with E-state index in [0.717, 1.165) is 44.6 Å². The summed E-state index contributed by atoms with van der Waals surface area (Å²) in [5.74, 6) is 3.69. The second kappa shape index (κ2) is 15.8. The Balaban J connectivity index is 0.00000427. The minimum absolute atomic E-state index is 0. The van der Waals surface area contributed by atoms with Gasteiger partial charge in [-0.3, -0.25) is 4.68 Å². The average molecular weight is 819 g/mol. The van der Waals surface area contributed by atoms with Crippen LogP contribution in [0.1, 0.15) is 104 Å². The first-order chi connectivity index (χ1) is 26.5. The SMILES string of the molecule is COc1ccnc(-n2c3[c-]c(Oc4[c-]c(-n5nc(C6CCCCC6)c(-c6c(C)cccc6C)c5C5CCCCC5)cc(C)c4)ccc3c3ccccc32)c1.[Pd+2]. The standard InChI is InChI=1S/C48H48N4O2.Pd/c1-31-26-36(52-48(35-18-9-6-10-19-35)46(45-32(2)14-13-15-33(45)3)47(50-52)34-16-7-5-8-17-34)28-39(27-31)54-38-22-23-41-40-20-11-12-21-42(40)51(43(41)29-38)44-30-37(53-4)24-25-49-44;/h11-15,20-27,30,34-35H,5-10,16-19H2,1-4H3;/q-2;+2. The number of ether oxygens (including phenoxy) is 2. The maximum Gasteiger partial charge on any atom is 2.00 e. The minimum atomic E-state index is 0. The second-order valence-electron chi connectivity index (χ2n) is 15.5. The first-order valence-electron chi connectivity index (χ1n) is 19.8. The number of hydrogen-bond acceptors (Lipinski definition) is 4. The van der Waals surface area contributed by atoms with Gasteiger partial charge in [-0.1, -0.05) is 87.4 Å². The third kappa shape index (κ3) is 7.03. The Morgan fingerprint density at radius 3 is 2.16 bits per heavy atom. The molecule has 0 atom stereocenters. The number of aromatic nitrogens is 4. The fraction of sp³-hybridized carbons (Fsp3) is 0.333. The van der Waals surface area contributed by atoms with Gasteiger partial charge in [0.1, 0.15) is 11.6 Å². The summed E-state index contributed by atoms with van der Waals surface area (Å²) in [4.78, 5) is 4.73. The summed E-state index contributed by atoms with van der Waals surface area (Å²) in [6, 6.07) is 34.7. The maximum absolute atomic E-state index is 6.71. The fourth-order valence-corrected chi connectivity index (χ4v) is 9.28. The molecule has 6 nitrogen and oxygen atoms in total. The molecule has 0 N–H and O–H groups in total. The van der Waals surface area contributed by atoms with Crippen molar-refractivity contribution >= 4 is 21.8 Å². The van der Waals surface area contributed by atoms with Crippen molar-refractivity contribution in [3.05, 3.63) is 125 Å². The van der Waals surface area contributed by atoms with Gasteiger partial charge in [0.05, 0.1) is 18.5 Å². The fourth-order valence-electron chi connectivity index (χ4n) is 9.28. The number of benzene rings is 4. The average Bonchev–Trinajstić information content (AvgIpc) is 3.75. The molecule has 7 aromatic rings. The van der Waals surface area contributed by atoms with E-state index < -0.39 is 0 Å². The van der Waals surface area contributed by atoms with E-state index in [-0.39, 0.29) is 20.4 Å². The first kappa shape index (κ1) is 37.2. The van der Waals surface area contributed by atoms with Crippen LogP contribution >= 0.6 is 0 Å². The van der Waals surface area contributed by atoms with Gasteiger partial charge < -0.3 is 14.0 Å². The van der Waals surface area contributed by atoms with E-state index in [2.05, 4.69) is 103 Å². The van der Waals surface area contributed by atoms with Gasteiger partial charge in [0.2, 0.25) is 0 Å². The summed E-state index contributed by atoms with van der Waals surface area (Å²) in [5.41, 5.74) is 12.0. The second-order valence-corrected chi connectivity index (χ2v) is 15.5. The monoisotopic (exact) mass is 818 g/mol. The summed E-state index contributed by atoms with van der Waals surface area (Å²) in [6.07, 6.45) is 14.2. The molecule has 2 fully saturated rings. The van der Waals surface area contributed by atoms with Gasteiger partial charge in [-0.05, 0) is 79.4 Å². The zero-order chi connectivity index (χ0) is 36.8. The van der Waals surface area contributed by atoms with Crippen LogP contribution < -0.4 is 9.47 Å². The summed E-state index contributed by atoms with van der Waals surface area (Å²) in [7, 11) is 1.68. The van der Waals surface area contributed by atoms with E-state index in [4.69, 9.17) is 19.6 Å². The Morgan fingerprint density at radius 2 is 1.42 bits per heavy atom. The van der Waals surface area contributed by atoms with Gasteiger partial charge in [-0.15, -0.1) is 35.7 Å². The number of fused-ring (bicyclic) bond motifs is 3. The van der Waals surface area contributed by atoms with Crippen LogP contribution in [0.2, 0.25) is 0 Å². The van der Waals surface area contributed by atoms with E-state index in [9.17, 15) is 0 Å². The summed E-state index contributed by atoms with van der Waals surface area (Å²) >= 11 is 0. The molecule has 0 spiro atoms. The van der Waals surface area contributed by atoms with E-state index >= 15 is 0 Å². The Morgan fingerprint density at radius 1 is 0.691 bits per heavy atom. The molecule has 2 aliphatic carbocycles. The van der Waals surface area contributed by atoms with Gasteiger partial charge in [-0.2, -0.15) is 16.7 Å². The topological polar surface area (TPSA) is 54.1 Å². The van der Waals surface area contributed by atoms with Gasteiger partial charge >= 0.3 is 20.4 Å². The van der Waals surface area contributed by atoms with Crippen molar-refractivity contribution in [1.82, 2.24) is 19.3 Å². The number of pyridine rings is 1. The molecule has 2 aliphatic rings. The maximum atomic E-state index is 6.71. The number of rotatable bonds is 8. The number of hydrogen-bond donors (Lipinski definition) is 0. The molecule has 55 heavy (non-hydrogen) atoms. The quantitative estimate of drug-likeness (QED) is 0.113. The predicted molar refractivity (Wildman–Crippen MR) is 218 cm³/mol. The molecule has 0 saturated heterocycles. The molecule has 3 heterocycles. The molecular weight excluding hydrogens is 771 g/mol. The van der Waals surface area contributed by atoms with Crippen LogP contribution in [0.4, 0.5) is 0 Å².